The summed E-state index contributed by atoms with van der Waals surface area (Å²) < 4.78 is 52.8. The molecule has 1 atom stereocenters. The zero-order valence-corrected chi connectivity index (χ0v) is 13.5. The van der Waals surface area contributed by atoms with E-state index >= 15 is 0 Å². The van der Waals surface area contributed by atoms with E-state index in [0.29, 0.717) is 4.47 Å². The fraction of sp³-hybridized carbons (Fsp3) is 0.143. The topological polar surface area (TPSA) is 42.0 Å². The molecular formula is C14H8BrClF4N2O. The molecule has 0 aliphatic rings. The van der Waals surface area contributed by atoms with Crippen molar-refractivity contribution in [2.75, 3.05) is 0 Å². The van der Waals surface area contributed by atoms with Gasteiger partial charge in [-0.1, -0.05) is 23.7 Å². The standard InChI is InChI=1S/C14H8BrClF4N2O/c15-8-5-10(12(16)21-6-8)13(23)22-11(14(18,19)20)7-1-3-9(17)4-2-7/h1-6,11H,(H,22,23). The molecule has 9 heteroatoms. The molecule has 23 heavy (non-hydrogen) atoms. The minimum absolute atomic E-state index is 0.211. The second kappa shape index (κ2) is 6.84. The number of alkyl halides is 3. The highest BCUT2D eigenvalue weighted by atomic mass is 79.9. The van der Waals surface area contributed by atoms with Gasteiger partial charge in [0.1, 0.15) is 11.0 Å². The van der Waals surface area contributed by atoms with Crippen molar-refractivity contribution in [1.29, 1.82) is 0 Å². The number of halogens is 6. The highest BCUT2D eigenvalue weighted by molar-refractivity contribution is 9.10. The summed E-state index contributed by atoms with van der Waals surface area (Å²) in [7, 11) is 0. The number of amides is 1. The molecule has 1 aromatic heterocycles. The van der Waals surface area contributed by atoms with E-state index in [2.05, 4.69) is 20.9 Å². The molecule has 0 aliphatic carbocycles. The number of pyridine rings is 1. The van der Waals surface area contributed by atoms with Crippen molar-refractivity contribution in [2.24, 2.45) is 0 Å². The number of nitrogens with one attached hydrogen (secondary N) is 1. The van der Waals surface area contributed by atoms with Gasteiger partial charge in [-0.3, -0.25) is 4.79 Å². The molecule has 0 spiro atoms. The van der Waals surface area contributed by atoms with Gasteiger partial charge in [-0.25, -0.2) is 9.37 Å². The highest BCUT2D eigenvalue weighted by Gasteiger charge is 2.42. The first kappa shape index (κ1) is 17.7. The van der Waals surface area contributed by atoms with Gasteiger partial charge in [0, 0.05) is 10.7 Å². The van der Waals surface area contributed by atoms with Crippen molar-refractivity contribution in [3.63, 3.8) is 0 Å². The van der Waals surface area contributed by atoms with Crippen LogP contribution in [0.3, 0.4) is 0 Å². The SMILES string of the molecule is O=C(NC(c1ccc(F)cc1)C(F)(F)F)c1cc(Br)cnc1Cl. The van der Waals surface area contributed by atoms with E-state index in [1.165, 1.54) is 12.3 Å². The van der Waals surface area contributed by atoms with Gasteiger partial charge in [0.2, 0.25) is 0 Å². The van der Waals surface area contributed by atoms with Crippen molar-refractivity contribution in [1.82, 2.24) is 10.3 Å². The van der Waals surface area contributed by atoms with Gasteiger partial charge < -0.3 is 5.32 Å². The van der Waals surface area contributed by atoms with Crippen LogP contribution in [0.5, 0.6) is 0 Å². The molecule has 1 amide bonds. The maximum Gasteiger partial charge on any atom is 0.412 e. The lowest BCUT2D eigenvalue weighted by atomic mass is 10.1. The molecule has 0 fully saturated rings. The molecule has 1 N–H and O–H groups in total. The first-order chi connectivity index (χ1) is 10.7. The number of hydrogen-bond acceptors (Lipinski definition) is 2. The van der Waals surface area contributed by atoms with E-state index in [1.54, 1.807) is 0 Å². The Balaban J connectivity index is 2.33. The summed E-state index contributed by atoms with van der Waals surface area (Å²) in [5.41, 5.74) is -0.510. The molecule has 2 aromatic rings. The third kappa shape index (κ3) is 4.42. The maximum absolute atomic E-state index is 13.2. The Kier molecular flexibility index (Phi) is 5.26. The van der Waals surface area contributed by atoms with Crippen LogP contribution in [0.15, 0.2) is 41.0 Å². The largest absolute Gasteiger partial charge is 0.412 e. The predicted molar refractivity (Wildman–Crippen MR) is 79.6 cm³/mol. The molecule has 0 saturated carbocycles. The van der Waals surface area contributed by atoms with E-state index in [0.717, 1.165) is 24.3 Å². The third-order valence-corrected chi connectivity index (χ3v) is 3.59. The van der Waals surface area contributed by atoms with E-state index in [4.69, 9.17) is 11.6 Å². The highest BCUT2D eigenvalue weighted by Crippen LogP contribution is 2.33. The zero-order valence-electron chi connectivity index (χ0n) is 11.2. The molecule has 122 valence electrons. The molecule has 0 radical (unpaired) electrons. The molecular weight excluding hydrogens is 404 g/mol. The molecule has 1 aromatic carbocycles. The van der Waals surface area contributed by atoms with Crippen molar-refractivity contribution in [3.05, 3.63) is 63.1 Å². The lowest BCUT2D eigenvalue weighted by Gasteiger charge is -2.22. The quantitative estimate of drug-likeness (QED) is 0.589. The fourth-order valence-electron chi connectivity index (χ4n) is 1.80. The van der Waals surface area contributed by atoms with E-state index in [-0.39, 0.29) is 16.3 Å². The van der Waals surface area contributed by atoms with Gasteiger partial charge in [-0.2, -0.15) is 13.2 Å². The number of benzene rings is 1. The van der Waals surface area contributed by atoms with Crippen LogP contribution in [0, 0.1) is 5.82 Å². The Bertz CT molecular complexity index is 722. The van der Waals surface area contributed by atoms with Crippen LogP contribution in [0.25, 0.3) is 0 Å². The summed E-state index contributed by atoms with van der Waals surface area (Å²) >= 11 is 8.79. The number of carbonyl (C=O) groups is 1. The molecule has 0 bridgehead atoms. The summed E-state index contributed by atoms with van der Waals surface area (Å²) in [5, 5.41) is 1.61. The Morgan fingerprint density at radius 1 is 1.26 bits per heavy atom. The zero-order chi connectivity index (χ0) is 17.2. The van der Waals surface area contributed by atoms with Crippen molar-refractivity contribution in [2.45, 2.75) is 12.2 Å². The van der Waals surface area contributed by atoms with Gasteiger partial charge in [-0.05, 0) is 39.7 Å². The number of rotatable bonds is 3. The van der Waals surface area contributed by atoms with Crippen LogP contribution >= 0.6 is 27.5 Å². The first-order valence-electron chi connectivity index (χ1n) is 6.12. The summed E-state index contributed by atoms with van der Waals surface area (Å²) in [4.78, 5) is 15.8. The van der Waals surface area contributed by atoms with Gasteiger partial charge >= 0.3 is 6.18 Å². The van der Waals surface area contributed by atoms with Crippen LogP contribution in [-0.2, 0) is 0 Å². The Labute approximate surface area is 141 Å². The fourth-order valence-corrected chi connectivity index (χ4v) is 2.32. The Morgan fingerprint density at radius 2 is 1.87 bits per heavy atom. The number of nitrogens with zero attached hydrogens (tertiary/aromatic N) is 1. The summed E-state index contributed by atoms with van der Waals surface area (Å²) in [6.45, 7) is 0. The number of aromatic nitrogens is 1. The molecule has 0 saturated heterocycles. The van der Waals surface area contributed by atoms with Crippen molar-refractivity contribution in [3.8, 4) is 0 Å². The first-order valence-corrected chi connectivity index (χ1v) is 7.29. The van der Waals surface area contributed by atoms with E-state index in [1.807, 2.05) is 5.32 Å². The average molecular weight is 412 g/mol. The minimum Gasteiger partial charge on any atom is -0.337 e. The molecule has 1 unspecified atom stereocenters. The lowest BCUT2D eigenvalue weighted by molar-refractivity contribution is -0.155. The van der Waals surface area contributed by atoms with Crippen LogP contribution in [0.4, 0.5) is 17.6 Å². The van der Waals surface area contributed by atoms with Crippen molar-refractivity contribution >= 4 is 33.4 Å². The van der Waals surface area contributed by atoms with Crippen LogP contribution in [-0.4, -0.2) is 17.1 Å². The molecule has 0 aliphatic heterocycles. The summed E-state index contributed by atoms with van der Waals surface area (Å²) in [6.07, 6.45) is -3.46. The number of carbonyl (C=O) groups excluding carboxylic acids is 1. The van der Waals surface area contributed by atoms with E-state index < -0.39 is 23.9 Å². The second-order valence-electron chi connectivity index (χ2n) is 4.49. The van der Waals surface area contributed by atoms with E-state index in [9.17, 15) is 22.4 Å². The van der Waals surface area contributed by atoms with Gasteiger partial charge in [-0.15, -0.1) is 0 Å². The van der Waals surface area contributed by atoms with Gasteiger partial charge in [0.15, 0.2) is 6.04 Å². The molecule has 3 nitrogen and oxygen atoms in total. The van der Waals surface area contributed by atoms with Crippen LogP contribution in [0.2, 0.25) is 5.15 Å². The summed E-state index contributed by atoms with van der Waals surface area (Å²) in [5.74, 6) is -1.73. The normalized spacial score (nSPS) is 12.8. The monoisotopic (exact) mass is 410 g/mol. The number of hydrogen-bond donors (Lipinski definition) is 1. The maximum atomic E-state index is 13.2. The Hall–Kier alpha value is -1.67. The average Bonchev–Trinajstić information content (AvgIpc) is 2.47. The third-order valence-electron chi connectivity index (χ3n) is 2.86. The predicted octanol–water partition coefficient (Wildman–Crippen LogP) is 4.67. The molecule has 1 heterocycles. The van der Waals surface area contributed by atoms with Gasteiger partial charge in [0.25, 0.3) is 5.91 Å². The van der Waals surface area contributed by atoms with Crippen LogP contribution in [0.1, 0.15) is 22.0 Å². The van der Waals surface area contributed by atoms with Crippen molar-refractivity contribution < 1.29 is 22.4 Å². The Morgan fingerprint density at radius 3 is 2.43 bits per heavy atom. The minimum atomic E-state index is -4.76. The van der Waals surface area contributed by atoms with Gasteiger partial charge in [0.05, 0.1) is 5.56 Å². The summed E-state index contributed by atoms with van der Waals surface area (Å²) in [6, 6.07) is 2.62. The second-order valence-corrected chi connectivity index (χ2v) is 5.77. The lowest BCUT2D eigenvalue weighted by Crippen LogP contribution is -2.38. The van der Waals surface area contributed by atoms with Crippen LogP contribution < -0.4 is 5.32 Å². The molecule has 2 rings (SSSR count). The smallest absolute Gasteiger partial charge is 0.337 e.